The Hall–Kier alpha value is -2.62. The molecule has 10 heteroatoms. The minimum absolute atomic E-state index is 0.0759. The van der Waals surface area contributed by atoms with Crippen LogP contribution in [0.1, 0.15) is 19.9 Å². The lowest BCUT2D eigenvalue weighted by Gasteiger charge is -2.12. The standard InChI is InChI=1S/C16H21FN4O4S/c1-11(2)21-9-12(8-18-21)19-26(23,24)13-5-6-15(14(17)7-13)25-10-16(22)20(3)4/h5-9,11,19H,10H2,1-4H3. The molecule has 26 heavy (non-hydrogen) atoms. The van der Waals surface area contributed by atoms with Crippen molar-refractivity contribution in [3.05, 3.63) is 36.4 Å². The van der Waals surface area contributed by atoms with Crippen LogP contribution >= 0.6 is 0 Å². The topological polar surface area (TPSA) is 93.5 Å². The van der Waals surface area contributed by atoms with Gasteiger partial charge in [0.15, 0.2) is 18.2 Å². The number of likely N-dealkylation sites (N-methyl/N-ethyl adjacent to an activating group) is 1. The fourth-order valence-corrected chi connectivity index (χ4v) is 2.96. The highest BCUT2D eigenvalue weighted by molar-refractivity contribution is 7.92. The third kappa shape index (κ3) is 4.72. The average molecular weight is 384 g/mol. The van der Waals surface area contributed by atoms with E-state index in [1.54, 1.807) is 25.0 Å². The summed E-state index contributed by atoms with van der Waals surface area (Å²) in [5.41, 5.74) is 0.274. The Morgan fingerprint density at radius 1 is 1.38 bits per heavy atom. The number of nitrogens with one attached hydrogen (secondary N) is 1. The smallest absolute Gasteiger partial charge is 0.262 e. The number of sulfonamides is 1. The molecule has 142 valence electrons. The van der Waals surface area contributed by atoms with Gasteiger partial charge in [-0.1, -0.05) is 0 Å². The molecule has 8 nitrogen and oxygen atoms in total. The number of carbonyl (C=O) groups is 1. The number of rotatable bonds is 7. The van der Waals surface area contributed by atoms with Gasteiger partial charge >= 0.3 is 0 Å². The lowest BCUT2D eigenvalue weighted by molar-refractivity contribution is -0.130. The van der Waals surface area contributed by atoms with Crippen molar-refractivity contribution in [2.45, 2.75) is 24.8 Å². The van der Waals surface area contributed by atoms with Crippen molar-refractivity contribution in [2.75, 3.05) is 25.4 Å². The van der Waals surface area contributed by atoms with Gasteiger partial charge in [-0.05, 0) is 32.0 Å². The zero-order valence-electron chi connectivity index (χ0n) is 14.9. The minimum Gasteiger partial charge on any atom is -0.481 e. The quantitative estimate of drug-likeness (QED) is 0.787. The second-order valence-electron chi connectivity index (χ2n) is 6.08. The van der Waals surface area contributed by atoms with Gasteiger partial charge < -0.3 is 9.64 Å². The highest BCUT2D eigenvalue weighted by Crippen LogP contribution is 2.23. The van der Waals surface area contributed by atoms with Crippen molar-refractivity contribution >= 4 is 21.6 Å². The Morgan fingerprint density at radius 3 is 2.62 bits per heavy atom. The molecule has 0 aliphatic heterocycles. The molecule has 2 rings (SSSR count). The molecule has 0 aliphatic carbocycles. The second kappa shape index (κ2) is 7.73. The number of benzene rings is 1. The summed E-state index contributed by atoms with van der Waals surface area (Å²) in [6.45, 7) is 3.46. The molecule has 0 spiro atoms. The number of ether oxygens (including phenoxy) is 1. The van der Waals surface area contributed by atoms with Crippen LogP contribution in [-0.4, -0.2) is 49.7 Å². The van der Waals surface area contributed by atoms with Crippen LogP contribution in [0.15, 0.2) is 35.5 Å². The van der Waals surface area contributed by atoms with Crippen molar-refractivity contribution in [1.29, 1.82) is 0 Å². The third-order valence-corrected chi connectivity index (χ3v) is 4.83. The van der Waals surface area contributed by atoms with E-state index in [4.69, 9.17) is 4.74 Å². The Kier molecular flexibility index (Phi) is 5.86. The van der Waals surface area contributed by atoms with Crippen LogP contribution in [0.5, 0.6) is 5.75 Å². The van der Waals surface area contributed by atoms with Crippen molar-refractivity contribution in [1.82, 2.24) is 14.7 Å². The van der Waals surface area contributed by atoms with Crippen LogP contribution in [0.2, 0.25) is 0 Å². The second-order valence-corrected chi connectivity index (χ2v) is 7.76. The summed E-state index contributed by atoms with van der Waals surface area (Å²) < 4.78 is 47.9. The van der Waals surface area contributed by atoms with Gasteiger partial charge in [0.05, 0.1) is 16.8 Å². The number of nitrogens with zero attached hydrogens (tertiary/aromatic N) is 3. The van der Waals surface area contributed by atoms with Gasteiger partial charge in [0.2, 0.25) is 0 Å². The number of anilines is 1. The van der Waals surface area contributed by atoms with Gasteiger partial charge in [0.25, 0.3) is 15.9 Å². The Morgan fingerprint density at radius 2 is 2.08 bits per heavy atom. The Labute approximate surface area is 151 Å². The van der Waals surface area contributed by atoms with Crippen molar-refractivity contribution in [2.24, 2.45) is 0 Å². The van der Waals surface area contributed by atoms with Crippen molar-refractivity contribution < 1.29 is 22.3 Å². The van der Waals surface area contributed by atoms with E-state index in [2.05, 4.69) is 9.82 Å². The molecule has 0 atom stereocenters. The highest BCUT2D eigenvalue weighted by atomic mass is 32.2. The normalized spacial score (nSPS) is 11.5. The van der Waals surface area contributed by atoms with Crippen LogP contribution in [0.25, 0.3) is 0 Å². The predicted octanol–water partition coefficient (Wildman–Crippen LogP) is 1.87. The number of hydrogen-bond donors (Lipinski definition) is 1. The molecule has 1 aromatic carbocycles. The van der Waals surface area contributed by atoms with Crippen molar-refractivity contribution in [3.8, 4) is 5.75 Å². The number of carbonyl (C=O) groups excluding carboxylic acids is 1. The molecule has 1 aromatic heterocycles. The summed E-state index contributed by atoms with van der Waals surface area (Å²) >= 11 is 0. The van der Waals surface area contributed by atoms with Gasteiger partial charge in [0.1, 0.15) is 0 Å². The van der Waals surface area contributed by atoms with E-state index in [0.717, 1.165) is 6.07 Å². The maximum atomic E-state index is 14.1. The first-order chi connectivity index (χ1) is 12.1. The Balaban J connectivity index is 2.14. The molecule has 0 unspecified atom stereocenters. The van der Waals surface area contributed by atoms with E-state index in [1.807, 2.05) is 13.8 Å². The summed E-state index contributed by atoms with van der Waals surface area (Å²) in [6.07, 6.45) is 2.92. The molecule has 0 saturated heterocycles. The lowest BCUT2D eigenvalue weighted by atomic mass is 10.3. The van der Waals surface area contributed by atoms with Crippen LogP contribution in [0, 0.1) is 5.82 Å². The van der Waals surface area contributed by atoms with Crippen LogP contribution in [0.4, 0.5) is 10.1 Å². The number of hydrogen-bond acceptors (Lipinski definition) is 5. The number of amides is 1. The first-order valence-electron chi connectivity index (χ1n) is 7.79. The van der Waals surface area contributed by atoms with Gasteiger partial charge in [-0.15, -0.1) is 0 Å². The van der Waals surface area contributed by atoms with Crippen LogP contribution in [0.3, 0.4) is 0 Å². The van der Waals surface area contributed by atoms with Crippen LogP contribution in [-0.2, 0) is 14.8 Å². The molecule has 1 N–H and O–H groups in total. The molecule has 0 fully saturated rings. The molecule has 0 aliphatic rings. The molecular formula is C16H21FN4O4S. The fourth-order valence-electron chi connectivity index (χ4n) is 1.92. The van der Waals surface area contributed by atoms with Gasteiger partial charge in [-0.25, -0.2) is 12.8 Å². The van der Waals surface area contributed by atoms with Crippen LogP contribution < -0.4 is 9.46 Å². The van der Waals surface area contributed by atoms with E-state index >= 15 is 0 Å². The highest BCUT2D eigenvalue weighted by Gasteiger charge is 2.18. The van der Waals surface area contributed by atoms with Gasteiger partial charge in [-0.3, -0.25) is 14.2 Å². The molecular weight excluding hydrogens is 363 g/mol. The maximum absolute atomic E-state index is 14.1. The average Bonchev–Trinajstić information content (AvgIpc) is 3.01. The van der Waals surface area contributed by atoms with E-state index in [1.165, 1.54) is 23.2 Å². The SMILES string of the molecule is CC(C)n1cc(NS(=O)(=O)c2ccc(OCC(=O)N(C)C)c(F)c2)cn1. The summed E-state index contributed by atoms with van der Waals surface area (Å²) in [5.74, 6) is -1.42. The summed E-state index contributed by atoms with van der Waals surface area (Å²) in [7, 11) is -0.891. The minimum atomic E-state index is -3.98. The summed E-state index contributed by atoms with van der Waals surface area (Å²) in [5, 5.41) is 4.04. The zero-order valence-corrected chi connectivity index (χ0v) is 15.7. The van der Waals surface area contributed by atoms with E-state index < -0.39 is 15.8 Å². The maximum Gasteiger partial charge on any atom is 0.262 e. The summed E-state index contributed by atoms with van der Waals surface area (Å²) in [4.78, 5) is 12.5. The number of halogens is 1. The van der Waals surface area contributed by atoms with Crippen molar-refractivity contribution in [3.63, 3.8) is 0 Å². The third-order valence-electron chi connectivity index (χ3n) is 3.45. The predicted molar refractivity (Wildman–Crippen MR) is 94.0 cm³/mol. The molecule has 0 radical (unpaired) electrons. The fraction of sp³-hybridized carbons (Fsp3) is 0.375. The monoisotopic (exact) mass is 384 g/mol. The molecule has 1 amide bonds. The molecule has 0 saturated carbocycles. The van der Waals surface area contributed by atoms with Gasteiger partial charge in [0, 0.05) is 26.3 Å². The first kappa shape index (κ1) is 19.7. The Bertz CT molecular complexity index is 893. The zero-order chi connectivity index (χ0) is 19.5. The number of aromatic nitrogens is 2. The van der Waals surface area contributed by atoms with E-state index in [0.29, 0.717) is 0 Å². The van der Waals surface area contributed by atoms with Gasteiger partial charge in [-0.2, -0.15) is 5.10 Å². The van der Waals surface area contributed by atoms with E-state index in [-0.39, 0.29) is 34.9 Å². The van der Waals surface area contributed by atoms with E-state index in [9.17, 15) is 17.6 Å². The lowest BCUT2D eigenvalue weighted by Crippen LogP contribution is -2.27. The largest absolute Gasteiger partial charge is 0.481 e. The molecule has 1 heterocycles. The molecule has 0 bridgehead atoms. The first-order valence-corrected chi connectivity index (χ1v) is 9.28. The molecule has 2 aromatic rings. The summed E-state index contributed by atoms with van der Waals surface area (Å²) in [6, 6.07) is 3.29.